The van der Waals surface area contributed by atoms with Crippen LogP contribution in [0.25, 0.3) is 5.69 Å². The predicted octanol–water partition coefficient (Wildman–Crippen LogP) is 3.21. The summed E-state index contributed by atoms with van der Waals surface area (Å²) in [6.07, 6.45) is 5.77. The standard InChI is InChI=1S/C14H17ClFN3/c1-2-17-7-3-4-11-9-18-19(10-11)12-5-6-13(15)14(16)8-12/h5-6,8-10,17H,2-4,7H2,1H3. The molecular weight excluding hydrogens is 265 g/mol. The molecule has 3 nitrogen and oxygen atoms in total. The average molecular weight is 282 g/mol. The molecule has 1 aromatic heterocycles. The van der Waals surface area contributed by atoms with Crippen LogP contribution in [-0.4, -0.2) is 22.9 Å². The van der Waals surface area contributed by atoms with Gasteiger partial charge in [0.15, 0.2) is 0 Å². The van der Waals surface area contributed by atoms with Gasteiger partial charge in [0, 0.05) is 12.3 Å². The van der Waals surface area contributed by atoms with Gasteiger partial charge in [0.2, 0.25) is 0 Å². The Bertz CT molecular complexity index is 539. The number of benzene rings is 1. The summed E-state index contributed by atoms with van der Waals surface area (Å²) in [5.41, 5.74) is 1.83. The number of halogens is 2. The molecule has 2 rings (SSSR count). The van der Waals surface area contributed by atoms with E-state index in [1.54, 1.807) is 16.8 Å². The molecule has 0 amide bonds. The molecule has 0 atom stereocenters. The number of hydrogen-bond acceptors (Lipinski definition) is 2. The van der Waals surface area contributed by atoms with Crippen LogP contribution in [0.3, 0.4) is 0 Å². The number of nitrogens with zero attached hydrogens (tertiary/aromatic N) is 2. The van der Waals surface area contributed by atoms with E-state index >= 15 is 0 Å². The largest absolute Gasteiger partial charge is 0.317 e. The lowest BCUT2D eigenvalue weighted by molar-refractivity contribution is 0.626. The van der Waals surface area contributed by atoms with Crippen LogP contribution < -0.4 is 5.32 Å². The molecular formula is C14H17ClFN3. The molecule has 0 bridgehead atoms. The van der Waals surface area contributed by atoms with Gasteiger partial charge in [0.25, 0.3) is 0 Å². The minimum absolute atomic E-state index is 0.127. The molecule has 0 fully saturated rings. The van der Waals surface area contributed by atoms with Crippen molar-refractivity contribution in [2.75, 3.05) is 13.1 Å². The molecule has 5 heteroatoms. The molecule has 0 saturated carbocycles. The maximum Gasteiger partial charge on any atom is 0.143 e. The minimum atomic E-state index is -0.427. The highest BCUT2D eigenvalue weighted by Crippen LogP contribution is 2.18. The van der Waals surface area contributed by atoms with Crippen molar-refractivity contribution in [2.24, 2.45) is 0 Å². The van der Waals surface area contributed by atoms with Crippen molar-refractivity contribution in [2.45, 2.75) is 19.8 Å². The number of nitrogens with one attached hydrogen (secondary N) is 1. The lowest BCUT2D eigenvalue weighted by Crippen LogP contribution is -2.14. The van der Waals surface area contributed by atoms with Crippen molar-refractivity contribution in [1.29, 1.82) is 0 Å². The van der Waals surface area contributed by atoms with Gasteiger partial charge in [-0.2, -0.15) is 5.10 Å². The fourth-order valence-electron chi connectivity index (χ4n) is 1.85. The van der Waals surface area contributed by atoms with Crippen LogP contribution in [0.2, 0.25) is 5.02 Å². The van der Waals surface area contributed by atoms with Gasteiger partial charge in [0.05, 0.1) is 16.9 Å². The van der Waals surface area contributed by atoms with Crippen molar-refractivity contribution in [3.8, 4) is 5.69 Å². The molecule has 0 aliphatic carbocycles. The van der Waals surface area contributed by atoms with E-state index in [-0.39, 0.29) is 5.02 Å². The zero-order chi connectivity index (χ0) is 13.7. The fraction of sp³-hybridized carbons (Fsp3) is 0.357. The number of aryl methyl sites for hydroxylation is 1. The maximum absolute atomic E-state index is 13.4. The molecule has 1 N–H and O–H groups in total. The molecule has 1 heterocycles. The zero-order valence-electron chi connectivity index (χ0n) is 10.9. The molecule has 0 spiro atoms. The first-order valence-corrected chi connectivity index (χ1v) is 6.78. The highest BCUT2D eigenvalue weighted by Gasteiger charge is 2.04. The quantitative estimate of drug-likeness (QED) is 0.824. The number of hydrogen-bond donors (Lipinski definition) is 1. The second-order valence-electron chi connectivity index (χ2n) is 4.35. The van der Waals surface area contributed by atoms with E-state index in [9.17, 15) is 4.39 Å². The van der Waals surface area contributed by atoms with Crippen molar-refractivity contribution in [3.63, 3.8) is 0 Å². The Morgan fingerprint density at radius 1 is 1.42 bits per heavy atom. The van der Waals surface area contributed by atoms with Gasteiger partial charge in [-0.25, -0.2) is 9.07 Å². The van der Waals surface area contributed by atoms with Crippen LogP contribution in [0.15, 0.2) is 30.6 Å². The lowest BCUT2D eigenvalue weighted by atomic mass is 10.2. The normalized spacial score (nSPS) is 10.9. The van der Waals surface area contributed by atoms with Crippen LogP contribution in [0.4, 0.5) is 4.39 Å². The highest BCUT2D eigenvalue weighted by molar-refractivity contribution is 6.30. The molecule has 0 aliphatic heterocycles. The van der Waals surface area contributed by atoms with E-state index < -0.39 is 5.82 Å². The lowest BCUT2D eigenvalue weighted by Gasteiger charge is -2.02. The van der Waals surface area contributed by atoms with Crippen LogP contribution in [-0.2, 0) is 6.42 Å². The average Bonchev–Trinajstić information content (AvgIpc) is 2.87. The summed E-state index contributed by atoms with van der Waals surface area (Å²) in [5, 5.41) is 7.65. The summed E-state index contributed by atoms with van der Waals surface area (Å²) in [6.45, 7) is 4.08. The van der Waals surface area contributed by atoms with E-state index in [1.807, 2.05) is 12.4 Å². The third-order valence-corrected chi connectivity index (χ3v) is 3.18. The van der Waals surface area contributed by atoms with Crippen molar-refractivity contribution >= 4 is 11.6 Å². The fourth-order valence-corrected chi connectivity index (χ4v) is 1.97. The van der Waals surface area contributed by atoms with Gasteiger partial charge < -0.3 is 5.32 Å². The van der Waals surface area contributed by atoms with Gasteiger partial charge in [-0.1, -0.05) is 18.5 Å². The first-order valence-electron chi connectivity index (χ1n) is 6.40. The molecule has 0 saturated heterocycles. The molecule has 19 heavy (non-hydrogen) atoms. The van der Waals surface area contributed by atoms with Crippen LogP contribution in [0.5, 0.6) is 0 Å². The Hall–Kier alpha value is -1.39. The molecule has 0 aliphatic rings. The van der Waals surface area contributed by atoms with Crippen molar-refractivity contribution < 1.29 is 4.39 Å². The van der Waals surface area contributed by atoms with Crippen LogP contribution >= 0.6 is 11.6 Å². The summed E-state index contributed by atoms with van der Waals surface area (Å²) >= 11 is 5.66. The predicted molar refractivity (Wildman–Crippen MR) is 75.4 cm³/mol. The summed E-state index contributed by atoms with van der Waals surface area (Å²) in [4.78, 5) is 0. The Morgan fingerprint density at radius 3 is 3.00 bits per heavy atom. The third-order valence-electron chi connectivity index (χ3n) is 2.87. The van der Waals surface area contributed by atoms with Crippen molar-refractivity contribution in [3.05, 3.63) is 47.0 Å². The Labute approximate surface area is 117 Å². The van der Waals surface area contributed by atoms with Crippen LogP contribution in [0.1, 0.15) is 18.9 Å². The van der Waals surface area contributed by atoms with E-state index in [1.165, 1.54) is 6.07 Å². The topological polar surface area (TPSA) is 29.9 Å². The summed E-state index contributed by atoms with van der Waals surface area (Å²) in [6, 6.07) is 4.68. The van der Waals surface area contributed by atoms with E-state index in [2.05, 4.69) is 17.3 Å². The molecule has 2 aromatic rings. The first-order chi connectivity index (χ1) is 9.20. The SMILES string of the molecule is CCNCCCc1cnn(-c2ccc(Cl)c(F)c2)c1. The second-order valence-corrected chi connectivity index (χ2v) is 4.76. The zero-order valence-corrected chi connectivity index (χ0v) is 11.6. The second kappa shape index (κ2) is 6.68. The minimum Gasteiger partial charge on any atom is -0.317 e. The Balaban J connectivity index is 2.01. The molecule has 1 aromatic carbocycles. The van der Waals surface area contributed by atoms with Gasteiger partial charge in [-0.05, 0) is 43.6 Å². The first kappa shape index (κ1) is 14.0. The summed E-state index contributed by atoms with van der Waals surface area (Å²) in [5.74, 6) is -0.427. The number of aromatic nitrogens is 2. The van der Waals surface area contributed by atoms with E-state index in [4.69, 9.17) is 11.6 Å². The summed E-state index contributed by atoms with van der Waals surface area (Å²) in [7, 11) is 0. The van der Waals surface area contributed by atoms with Crippen molar-refractivity contribution in [1.82, 2.24) is 15.1 Å². The Morgan fingerprint density at radius 2 is 2.26 bits per heavy atom. The Kier molecular flexibility index (Phi) is 4.93. The summed E-state index contributed by atoms with van der Waals surface area (Å²) < 4.78 is 15.0. The smallest absolute Gasteiger partial charge is 0.143 e. The monoisotopic (exact) mass is 281 g/mol. The van der Waals surface area contributed by atoms with Gasteiger partial charge >= 0.3 is 0 Å². The molecule has 0 radical (unpaired) electrons. The van der Waals surface area contributed by atoms with E-state index in [0.717, 1.165) is 31.5 Å². The maximum atomic E-state index is 13.4. The third kappa shape index (κ3) is 3.78. The number of rotatable bonds is 6. The highest BCUT2D eigenvalue weighted by atomic mass is 35.5. The van der Waals surface area contributed by atoms with Gasteiger partial charge in [-0.15, -0.1) is 0 Å². The molecule has 0 unspecified atom stereocenters. The van der Waals surface area contributed by atoms with E-state index in [0.29, 0.717) is 5.69 Å². The van der Waals surface area contributed by atoms with Gasteiger partial charge in [-0.3, -0.25) is 0 Å². The van der Waals surface area contributed by atoms with Crippen LogP contribution in [0, 0.1) is 5.82 Å². The molecule has 102 valence electrons. The van der Waals surface area contributed by atoms with Gasteiger partial charge in [0.1, 0.15) is 5.82 Å².